The van der Waals surface area contributed by atoms with Crippen molar-refractivity contribution in [1.29, 1.82) is 0 Å². The van der Waals surface area contributed by atoms with Crippen molar-refractivity contribution in [2.75, 3.05) is 6.61 Å². The van der Waals surface area contributed by atoms with E-state index in [1.54, 1.807) is 6.08 Å². The van der Waals surface area contributed by atoms with Gasteiger partial charge in [-0.25, -0.2) is 0 Å². The number of carbonyl (C=O) groups is 1. The van der Waals surface area contributed by atoms with Gasteiger partial charge in [0.15, 0.2) is 0 Å². The summed E-state index contributed by atoms with van der Waals surface area (Å²) in [5.74, 6) is -0.759. The number of unbranched alkanes of at least 4 members (excludes halogenated alkanes) is 5. The first kappa shape index (κ1) is 31.0. The average Bonchev–Trinajstić information content (AvgIpc) is 2.86. The third-order valence-electron chi connectivity index (χ3n) is 6.28. The Balaban J connectivity index is 2.95. The first-order valence-corrected chi connectivity index (χ1v) is 13.2. The van der Waals surface area contributed by atoms with Crippen LogP contribution < -0.4 is 0 Å². The number of aryl methyl sites for hydroxylation is 1. The van der Waals surface area contributed by atoms with Crippen LogP contribution in [-0.2, 0) is 11.2 Å². The molecule has 0 radical (unpaired) electrons. The summed E-state index contributed by atoms with van der Waals surface area (Å²) in [6, 6.07) is 10.1. The molecule has 0 aliphatic rings. The summed E-state index contributed by atoms with van der Waals surface area (Å²) in [6.07, 6.45) is 10.5. The SMILES string of the molecule is CCCC[C@H](O)[C@H](O)/C=C/C(CCc1ccccc1)=C(/CCCCCCCC(=O)O)C[C@H](O)CO. The number of rotatable bonds is 20. The van der Waals surface area contributed by atoms with E-state index in [1.807, 2.05) is 31.2 Å². The minimum Gasteiger partial charge on any atom is -0.481 e. The normalized spacial score (nSPS) is 15.1. The first-order chi connectivity index (χ1) is 16.9. The molecule has 5 N–H and O–H groups in total. The number of aliphatic hydroxyl groups excluding tert-OH is 4. The van der Waals surface area contributed by atoms with Gasteiger partial charge in [0.25, 0.3) is 0 Å². The number of aliphatic hydroxyl groups is 4. The van der Waals surface area contributed by atoms with Gasteiger partial charge in [-0.15, -0.1) is 0 Å². The minimum atomic E-state index is -0.952. The van der Waals surface area contributed by atoms with Crippen LogP contribution >= 0.6 is 0 Å². The van der Waals surface area contributed by atoms with Crippen molar-refractivity contribution in [1.82, 2.24) is 0 Å². The van der Waals surface area contributed by atoms with E-state index in [0.29, 0.717) is 19.3 Å². The molecular weight excluding hydrogens is 444 g/mol. The first-order valence-electron chi connectivity index (χ1n) is 13.2. The Morgan fingerprint density at radius 1 is 0.914 bits per heavy atom. The fraction of sp³-hybridized carbons (Fsp3) is 0.621. The molecule has 0 bridgehead atoms. The van der Waals surface area contributed by atoms with Crippen LogP contribution in [0.1, 0.15) is 89.5 Å². The summed E-state index contributed by atoms with van der Waals surface area (Å²) in [5.41, 5.74) is 3.27. The number of aliphatic carboxylic acids is 1. The van der Waals surface area contributed by atoms with Crippen molar-refractivity contribution in [2.45, 2.75) is 109 Å². The molecule has 35 heavy (non-hydrogen) atoms. The third-order valence-corrected chi connectivity index (χ3v) is 6.28. The molecule has 3 atom stereocenters. The number of hydrogen-bond donors (Lipinski definition) is 5. The topological polar surface area (TPSA) is 118 Å². The maximum atomic E-state index is 10.7. The van der Waals surface area contributed by atoms with Crippen LogP contribution in [0.25, 0.3) is 0 Å². The zero-order chi connectivity index (χ0) is 25.9. The van der Waals surface area contributed by atoms with E-state index in [-0.39, 0.29) is 13.0 Å². The van der Waals surface area contributed by atoms with Gasteiger partial charge < -0.3 is 25.5 Å². The second-order valence-corrected chi connectivity index (χ2v) is 9.38. The number of carboxylic acid groups (broad SMARTS) is 1. The molecule has 1 aromatic carbocycles. The molecule has 0 heterocycles. The molecule has 0 saturated heterocycles. The Bertz CT molecular complexity index is 743. The summed E-state index contributed by atoms with van der Waals surface area (Å²) in [4.78, 5) is 10.7. The Labute approximate surface area is 211 Å². The molecular formula is C29H46O6. The summed E-state index contributed by atoms with van der Waals surface area (Å²) in [6.45, 7) is 1.73. The molecule has 0 fully saturated rings. The lowest BCUT2D eigenvalue weighted by Crippen LogP contribution is -2.23. The maximum absolute atomic E-state index is 10.7. The van der Waals surface area contributed by atoms with Crippen molar-refractivity contribution >= 4 is 5.97 Å². The minimum absolute atomic E-state index is 0.203. The van der Waals surface area contributed by atoms with Crippen LogP contribution in [0.4, 0.5) is 0 Å². The Kier molecular flexibility index (Phi) is 17.1. The molecule has 0 amide bonds. The van der Waals surface area contributed by atoms with Gasteiger partial charge >= 0.3 is 5.97 Å². The highest BCUT2D eigenvalue weighted by molar-refractivity contribution is 5.66. The molecule has 1 aromatic rings. The van der Waals surface area contributed by atoms with Crippen molar-refractivity contribution in [2.24, 2.45) is 0 Å². The van der Waals surface area contributed by atoms with E-state index in [2.05, 4.69) is 12.1 Å². The molecule has 0 spiro atoms. The monoisotopic (exact) mass is 490 g/mol. The van der Waals surface area contributed by atoms with Crippen LogP contribution in [0.5, 0.6) is 0 Å². The van der Waals surface area contributed by atoms with Gasteiger partial charge in [-0.05, 0) is 56.1 Å². The van der Waals surface area contributed by atoms with Gasteiger partial charge in [-0.1, -0.05) is 87.1 Å². The average molecular weight is 491 g/mol. The second kappa shape index (κ2) is 19.2. The fourth-order valence-corrected chi connectivity index (χ4v) is 4.12. The van der Waals surface area contributed by atoms with E-state index in [1.165, 1.54) is 5.56 Å². The van der Waals surface area contributed by atoms with Gasteiger partial charge in [0.2, 0.25) is 0 Å². The maximum Gasteiger partial charge on any atom is 0.303 e. The van der Waals surface area contributed by atoms with Crippen molar-refractivity contribution in [3.05, 3.63) is 59.2 Å². The van der Waals surface area contributed by atoms with Gasteiger partial charge in [0.1, 0.15) is 0 Å². The van der Waals surface area contributed by atoms with Crippen LogP contribution in [0.15, 0.2) is 53.6 Å². The lowest BCUT2D eigenvalue weighted by Gasteiger charge is -2.18. The standard InChI is InChI=1S/C29H46O6/c1-2-3-15-27(32)28(33)20-19-24(18-17-23-12-8-7-9-13-23)25(21-26(31)22-30)14-10-5-4-6-11-16-29(34)35/h7-9,12-13,19-20,26-28,30-33H,2-6,10-11,14-18,21-22H2,1H3,(H,34,35)/b20-19+,25-24-/t26-,27-,28+/m0/s1. The number of carboxylic acids is 1. The molecule has 0 aliphatic carbocycles. The van der Waals surface area contributed by atoms with Crippen molar-refractivity contribution in [3.8, 4) is 0 Å². The van der Waals surface area contributed by atoms with Crippen LogP contribution in [0, 0.1) is 0 Å². The van der Waals surface area contributed by atoms with E-state index < -0.39 is 24.3 Å². The van der Waals surface area contributed by atoms with E-state index in [9.17, 15) is 25.2 Å². The zero-order valence-corrected chi connectivity index (χ0v) is 21.3. The lowest BCUT2D eigenvalue weighted by molar-refractivity contribution is -0.137. The van der Waals surface area contributed by atoms with Gasteiger partial charge in [0.05, 0.1) is 24.9 Å². The van der Waals surface area contributed by atoms with Gasteiger partial charge in [-0.2, -0.15) is 0 Å². The molecule has 0 saturated carbocycles. The number of hydrogen-bond acceptors (Lipinski definition) is 5. The van der Waals surface area contributed by atoms with E-state index in [4.69, 9.17) is 5.11 Å². The molecule has 0 unspecified atom stereocenters. The predicted octanol–water partition coefficient (Wildman–Crippen LogP) is 4.94. The van der Waals surface area contributed by atoms with Crippen LogP contribution in [-0.4, -0.2) is 56.4 Å². The lowest BCUT2D eigenvalue weighted by atomic mass is 9.91. The number of benzene rings is 1. The highest BCUT2D eigenvalue weighted by atomic mass is 16.4. The quantitative estimate of drug-likeness (QED) is 0.130. The largest absolute Gasteiger partial charge is 0.481 e. The Morgan fingerprint density at radius 3 is 2.20 bits per heavy atom. The molecule has 6 heteroatoms. The third kappa shape index (κ3) is 14.9. The molecule has 198 valence electrons. The molecule has 0 aliphatic heterocycles. The molecule has 1 rings (SSSR count). The highest BCUT2D eigenvalue weighted by Crippen LogP contribution is 2.25. The number of allylic oxidation sites excluding steroid dienone is 2. The van der Waals surface area contributed by atoms with Gasteiger partial charge in [-0.3, -0.25) is 4.79 Å². The summed E-state index contributed by atoms with van der Waals surface area (Å²) in [7, 11) is 0. The van der Waals surface area contributed by atoms with Crippen LogP contribution in [0.3, 0.4) is 0 Å². The Hall–Kier alpha value is -1.99. The second-order valence-electron chi connectivity index (χ2n) is 9.38. The highest BCUT2D eigenvalue weighted by Gasteiger charge is 2.15. The summed E-state index contributed by atoms with van der Waals surface area (Å²) >= 11 is 0. The summed E-state index contributed by atoms with van der Waals surface area (Å²) in [5, 5.41) is 49.1. The van der Waals surface area contributed by atoms with E-state index >= 15 is 0 Å². The molecule has 6 nitrogen and oxygen atoms in total. The zero-order valence-electron chi connectivity index (χ0n) is 21.3. The van der Waals surface area contributed by atoms with Crippen molar-refractivity contribution in [3.63, 3.8) is 0 Å². The fourth-order valence-electron chi connectivity index (χ4n) is 4.12. The van der Waals surface area contributed by atoms with Gasteiger partial charge in [0, 0.05) is 6.42 Å². The predicted molar refractivity (Wildman–Crippen MR) is 140 cm³/mol. The van der Waals surface area contributed by atoms with Crippen molar-refractivity contribution < 1.29 is 30.3 Å². The van der Waals surface area contributed by atoms with E-state index in [0.717, 1.165) is 68.9 Å². The van der Waals surface area contributed by atoms with Crippen LogP contribution in [0.2, 0.25) is 0 Å². The smallest absolute Gasteiger partial charge is 0.303 e. The molecule has 0 aromatic heterocycles. The Morgan fingerprint density at radius 2 is 1.57 bits per heavy atom. The summed E-state index contributed by atoms with van der Waals surface area (Å²) < 4.78 is 0.